The van der Waals surface area contributed by atoms with E-state index in [2.05, 4.69) is 17.3 Å². The monoisotopic (exact) mass is 304 g/mol. The van der Waals surface area contributed by atoms with Crippen molar-refractivity contribution in [3.05, 3.63) is 24.2 Å². The highest BCUT2D eigenvalue weighted by atomic mass is 32.1. The summed E-state index contributed by atoms with van der Waals surface area (Å²) in [4.78, 5) is 2.38. The Morgan fingerprint density at radius 1 is 1.29 bits per heavy atom. The first-order chi connectivity index (χ1) is 10.1. The molecule has 0 unspecified atom stereocenters. The second-order valence-electron chi connectivity index (χ2n) is 7.44. The number of furan rings is 1. The van der Waals surface area contributed by atoms with Crippen LogP contribution in [0.15, 0.2) is 22.8 Å². The van der Waals surface area contributed by atoms with Crippen molar-refractivity contribution in [1.82, 2.24) is 10.2 Å². The van der Waals surface area contributed by atoms with Gasteiger partial charge in [0.05, 0.1) is 12.8 Å². The molecule has 1 N–H and O–H groups in total. The van der Waals surface area contributed by atoms with E-state index in [0.717, 1.165) is 28.6 Å². The molecule has 0 spiro atoms. The third-order valence-electron chi connectivity index (χ3n) is 6.02. The molecule has 4 aliphatic rings. The van der Waals surface area contributed by atoms with Gasteiger partial charge in [-0.3, -0.25) is 0 Å². The Morgan fingerprint density at radius 3 is 2.43 bits per heavy atom. The summed E-state index contributed by atoms with van der Waals surface area (Å²) in [6, 6.07) is 3.91. The van der Waals surface area contributed by atoms with Crippen LogP contribution in [0.3, 0.4) is 0 Å². The first-order valence-corrected chi connectivity index (χ1v) is 8.59. The van der Waals surface area contributed by atoms with Crippen LogP contribution in [0, 0.1) is 17.8 Å². The largest absolute Gasteiger partial charge is 0.467 e. The van der Waals surface area contributed by atoms with Gasteiger partial charge in [-0.2, -0.15) is 0 Å². The van der Waals surface area contributed by atoms with Crippen LogP contribution < -0.4 is 5.32 Å². The Hall–Kier alpha value is -1.03. The van der Waals surface area contributed by atoms with Crippen LogP contribution in [0.5, 0.6) is 0 Å². The Morgan fingerprint density at radius 2 is 1.90 bits per heavy atom. The van der Waals surface area contributed by atoms with Gasteiger partial charge in [0.15, 0.2) is 5.11 Å². The van der Waals surface area contributed by atoms with Crippen molar-refractivity contribution in [1.29, 1.82) is 0 Å². The van der Waals surface area contributed by atoms with Gasteiger partial charge in [0.25, 0.3) is 0 Å². The molecule has 114 valence electrons. The highest BCUT2D eigenvalue weighted by Gasteiger charge is 2.53. The van der Waals surface area contributed by atoms with Gasteiger partial charge in [0, 0.05) is 12.6 Å². The van der Waals surface area contributed by atoms with E-state index >= 15 is 0 Å². The van der Waals surface area contributed by atoms with Gasteiger partial charge in [0.2, 0.25) is 0 Å². The topological polar surface area (TPSA) is 28.4 Å². The van der Waals surface area contributed by atoms with Crippen molar-refractivity contribution in [2.24, 2.45) is 17.8 Å². The van der Waals surface area contributed by atoms with Crippen molar-refractivity contribution in [3.8, 4) is 0 Å². The smallest absolute Gasteiger partial charge is 0.169 e. The number of hydrogen-bond acceptors (Lipinski definition) is 2. The molecule has 0 aromatic carbocycles. The Labute approximate surface area is 132 Å². The van der Waals surface area contributed by atoms with Gasteiger partial charge in [-0.15, -0.1) is 0 Å². The lowest BCUT2D eigenvalue weighted by Crippen LogP contribution is -2.61. The lowest BCUT2D eigenvalue weighted by molar-refractivity contribution is -0.0548. The normalized spacial score (nSPS) is 36.7. The predicted molar refractivity (Wildman–Crippen MR) is 86.8 cm³/mol. The van der Waals surface area contributed by atoms with Crippen molar-refractivity contribution in [2.75, 3.05) is 7.05 Å². The highest BCUT2D eigenvalue weighted by molar-refractivity contribution is 7.80. The molecule has 0 amide bonds. The quantitative estimate of drug-likeness (QED) is 0.865. The molecule has 4 bridgehead atoms. The summed E-state index contributed by atoms with van der Waals surface area (Å²) in [5, 5.41) is 4.26. The summed E-state index contributed by atoms with van der Waals surface area (Å²) in [7, 11) is 2.20. The van der Waals surface area contributed by atoms with Crippen LogP contribution in [0.1, 0.15) is 44.3 Å². The van der Waals surface area contributed by atoms with Crippen LogP contribution in [0.4, 0.5) is 0 Å². The van der Waals surface area contributed by atoms with Gasteiger partial charge < -0.3 is 14.6 Å². The average molecular weight is 304 g/mol. The molecular weight excluding hydrogens is 280 g/mol. The van der Waals surface area contributed by atoms with Crippen LogP contribution in [-0.2, 0) is 6.54 Å². The molecule has 1 aromatic heterocycles. The molecule has 3 nitrogen and oxygen atoms in total. The maximum absolute atomic E-state index is 5.66. The van der Waals surface area contributed by atoms with Crippen LogP contribution in [0.2, 0.25) is 0 Å². The zero-order valence-electron chi connectivity index (χ0n) is 12.7. The third kappa shape index (κ3) is 2.37. The van der Waals surface area contributed by atoms with E-state index in [-0.39, 0.29) is 0 Å². The minimum atomic E-state index is 0.335. The summed E-state index contributed by atoms with van der Waals surface area (Å²) in [5.41, 5.74) is 0.335. The summed E-state index contributed by atoms with van der Waals surface area (Å²) < 4.78 is 5.37. The maximum atomic E-state index is 5.66. The molecule has 4 fully saturated rings. The summed E-state index contributed by atoms with van der Waals surface area (Å²) in [6.45, 7) is 0.683. The number of rotatable bonds is 3. The lowest BCUT2D eigenvalue weighted by Gasteiger charge is -2.60. The molecular formula is C17H24N2OS. The second-order valence-corrected chi connectivity index (χ2v) is 7.83. The zero-order valence-corrected chi connectivity index (χ0v) is 13.5. The van der Waals surface area contributed by atoms with E-state index in [1.54, 1.807) is 6.26 Å². The number of hydrogen-bond donors (Lipinski definition) is 1. The fraction of sp³-hybridized carbons (Fsp3) is 0.706. The van der Waals surface area contributed by atoms with Gasteiger partial charge in [0.1, 0.15) is 5.76 Å². The Bertz CT molecular complexity index is 490. The fourth-order valence-electron chi connectivity index (χ4n) is 5.39. The zero-order chi connectivity index (χ0) is 14.4. The lowest BCUT2D eigenvalue weighted by atomic mass is 9.52. The molecule has 1 heterocycles. The molecule has 0 aliphatic heterocycles. The van der Waals surface area contributed by atoms with Crippen molar-refractivity contribution in [3.63, 3.8) is 0 Å². The van der Waals surface area contributed by atoms with E-state index in [1.165, 1.54) is 38.5 Å². The van der Waals surface area contributed by atoms with E-state index in [0.29, 0.717) is 12.1 Å². The van der Waals surface area contributed by atoms with Gasteiger partial charge in [-0.1, -0.05) is 0 Å². The summed E-state index contributed by atoms with van der Waals surface area (Å²) in [6.07, 6.45) is 10.2. The number of nitrogens with one attached hydrogen (secondary N) is 1. The predicted octanol–water partition coefficient (Wildman–Crippen LogP) is 3.55. The molecule has 21 heavy (non-hydrogen) atoms. The summed E-state index contributed by atoms with van der Waals surface area (Å²) >= 11 is 5.66. The molecule has 4 aliphatic carbocycles. The molecule has 5 rings (SSSR count). The molecule has 1 aromatic rings. The maximum Gasteiger partial charge on any atom is 0.169 e. The van der Waals surface area contributed by atoms with E-state index in [9.17, 15) is 0 Å². The second kappa shape index (κ2) is 5.01. The molecule has 0 radical (unpaired) electrons. The standard InChI is InChI=1S/C17H24N2OS/c1-19(16(21)18-11-15-3-2-4-20-15)17-8-12-5-13(9-17)7-14(6-12)10-17/h2-4,12-14H,5-11H2,1H3,(H,18,21). The fourth-order valence-corrected chi connectivity index (χ4v) is 5.65. The highest BCUT2D eigenvalue weighted by Crippen LogP contribution is 2.57. The van der Waals surface area contributed by atoms with Crippen LogP contribution in [-0.4, -0.2) is 22.6 Å². The first kappa shape index (κ1) is 13.6. The van der Waals surface area contributed by atoms with E-state index < -0.39 is 0 Å². The van der Waals surface area contributed by atoms with Crippen molar-refractivity contribution in [2.45, 2.75) is 50.6 Å². The number of nitrogens with zero attached hydrogens (tertiary/aromatic N) is 1. The van der Waals surface area contributed by atoms with E-state index in [1.807, 2.05) is 12.1 Å². The SMILES string of the molecule is CN(C(=S)NCc1ccco1)C12CC3CC(CC(C3)C1)C2. The Kier molecular flexibility index (Phi) is 3.25. The average Bonchev–Trinajstić information content (AvgIpc) is 2.95. The molecule has 4 heteroatoms. The molecule has 4 saturated carbocycles. The minimum absolute atomic E-state index is 0.335. The van der Waals surface area contributed by atoms with Gasteiger partial charge in [-0.25, -0.2) is 0 Å². The first-order valence-electron chi connectivity index (χ1n) is 8.19. The third-order valence-corrected chi connectivity index (χ3v) is 6.43. The minimum Gasteiger partial charge on any atom is -0.467 e. The number of thiocarbonyl (C=S) groups is 1. The van der Waals surface area contributed by atoms with Crippen molar-refractivity contribution >= 4 is 17.3 Å². The van der Waals surface area contributed by atoms with Crippen LogP contribution in [0.25, 0.3) is 0 Å². The van der Waals surface area contributed by atoms with E-state index in [4.69, 9.17) is 16.6 Å². The Balaban J connectivity index is 1.44. The van der Waals surface area contributed by atoms with Crippen molar-refractivity contribution < 1.29 is 4.42 Å². The molecule has 0 saturated heterocycles. The molecule has 0 atom stereocenters. The van der Waals surface area contributed by atoms with Gasteiger partial charge in [-0.05, 0) is 80.6 Å². The van der Waals surface area contributed by atoms with Gasteiger partial charge >= 0.3 is 0 Å². The summed E-state index contributed by atoms with van der Waals surface area (Å²) in [5.74, 6) is 3.79. The van der Waals surface area contributed by atoms with Crippen LogP contribution >= 0.6 is 12.2 Å².